The highest BCUT2D eigenvalue weighted by atomic mass is 79.9. The van der Waals surface area contributed by atoms with Crippen molar-refractivity contribution in [1.82, 2.24) is 9.97 Å². The van der Waals surface area contributed by atoms with Crippen molar-refractivity contribution in [3.8, 4) is 11.4 Å². The molecule has 0 atom stereocenters. The Morgan fingerprint density at radius 3 is 2.67 bits per heavy atom. The number of aromatic nitrogens is 2. The van der Waals surface area contributed by atoms with Gasteiger partial charge in [0.1, 0.15) is 9.43 Å². The number of esters is 1. The van der Waals surface area contributed by atoms with Gasteiger partial charge in [0, 0.05) is 21.2 Å². The fraction of sp³-hybridized carbons (Fsp3) is 0.235. The fourth-order valence-electron chi connectivity index (χ4n) is 2.40. The zero-order chi connectivity index (χ0) is 17.1. The predicted octanol–water partition coefficient (Wildman–Crippen LogP) is 5.12. The Morgan fingerprint density at radius 2 is 2.00 bits per heavy atom. The van der Waals surface area contributed by atoms with Crippen LogP contribution in [0.25, 0.3) is 21.6 Å². The number of rotatable bonds is 5. The summed E-state index contributed by atoms with van der Waals surface area (Å²) in [5, 5.41) is 1.59. The van der Waals surface area contributed by atoms with E-state index in [9.17, 15) is 4.79 Å². The van der Waals surface area contributed by atoms with Crippen molar-refractivity contribution in [2.24, 2.45) is 0 Å². The molecule has 2 aromatic heterocycles. The molecule has 1 aromatic carbocycles. The molecule has 0 aliphatic carbocycles. The summed E-state index contributed by atoms with van der Waals surface area (Å²) >= 11 is 8.59. The van der Waals surface area contributed by atoms with Gasteiger partial charge in [0.2, 0.25) is 0 Å². The quantitative estimate of drug-likeness (QED) is 0.295. The Labute approximate surface area is 160 Å². The van der Waals surface area contributed by atoms with E-state index in [2.05, 4.69) is 36.8 Å². The molecular weight excluding hydrogens is 456 g/mol. The molecular formula is C17H14Br2N2O2S. The van der Waals surface area contributed by atoms with E-state index in [1.54, 1.807) is 0 Å². The van der Waals surface area contributed by atoms with Crippen LogP contribution in [0.3, 0.4) is 0 Å². The lowest BCUT2D eigenvalue weighted by Gasteiger charge is -2.04. The van der Waals surface area contributed by atoms with Crippen LogP contribution in [0.4, 0.5) is 0 Å². The second-order valence-corrected chi connectivity index (χ2v) is 7.40. The van der Waals surface area contributed by atoms with E-state index in [1.807, 2.05) is 37.3 Å². The molecule has 7 heteroatoms. The summed E-state index contributed by atoms with van der Waals surface area (Å²) in [6, 6.07) is 9.84. The lowest BCUT2D eigenvalue weighted by Crippen LogP contribution is -2.07. The number of thiophene rings is 1. The van der Waals surface area contributed by atoms with Gasteiger partial charge in [-0.3, -0.25) is 4.79 Å². The topological polar surface area (TPSA) is 52.1 Å². The molecule has 0 unspecified atom stereocenters. The van der Waals surface area contributed by atoms with Crippen molar-refractivity contribution in [3.63, 3.8) is 0 Å². The van der Waals surface area contributed by atoms with Gasteiger partial charge in [0.05, 0.1) is 13.0 Å². The van der Waals surface area contributed by atoms with Gasteiger partial charge < -0.3 is 4.74 Å². The van der Waals surface area contributed by atoms with Crippen molar-refractivity contribution in [2.45, 2.75) is 18.7 Å². The molecule has 24 heavy (non-hydrogen) atoms. The number of nitrogens with zero attached hydrogens (tertiary/aromatic N) is 2. The highest BCUT2D eigenvalue weighted by molar-refractivity contribution is 9.10. The first-order valence-electron chi connectivity index (χ1n) is 7.38. The summed E-state index contributed by atoms with van der Waals surface area (Å²) < 4.78 is 5.81. The van der Waals surface area contributed by atoms with E-state index in [0.717, 1.165) is 30.8 Å². The summed E-state index contributed by atoms with van der Waals surface area (Å²) in [6.07, 6.45) is 0.253. The molecule has 0 N–H and O–H groups in total. The van der Waals surface area contributed by atoms with E-state index in [-0.39, 0.29) is 12.4 Å². The van der Waals surface area contributed by atoms with Gasteiger partial charge in [-0.1, -0.05) is 46.3 Å². The molecule has 3 aromatic rings. The van der Waals surface area contributed by atoms with Crippen LogP contribution >= 0.6 is 43.2 Å². The van der Waals surface area contributed by atoms with Crippen LogP contribution in [-0.2, 0) is 21.3 Å². The zero-order valence-corrected chi connectivity index (χ0v) is 16.9. The third kappa shape index (κ3) is 3.53. The minimum absolute atomic E-state index is 0.223. The number of carbonyl (C=O) groups is 1. The molecule has 0 bridgehead atoms. The Bertz CT molecular complexity index is 881. The second kappa shape index (κ2) is 7.72. The molecule has 2 heterocycles. The lowest BCUT2D eigenvalue weighted by atomic mass is 10.1. The summed E-state index contributed by atoms with van der Waals surface area (Å²) in [4.78, 5) is 23.0. The van der Waals surface area contributed by atoms with Crippen LogP contribution < -0.4 is 0 Å². The maximum absolute atomic E-state index is 11.9. The number of ether oxygens (including phenoxy) is 1. The minimum Gasteiger partial charge on any atom is -0.466 e. The third-order valence-corrected chi connectivity index (χ3v) is 5.73. The summed E-state index contributed by atoms with van der Waals surface area (Å²) in [6.45, 7) is 2.19. The van der Waals surface area contributed by atoms with Gasteiger partial charge >= 0.3 is 5.97 Å². The summed E-state index contributed by atoms with van der Waals surface area (Å²) in [7, 11) is 0. The highest BCUT2D eigenvalue weighted by Crippen LogP contribution is 2.37. The first-order chi connectivity index (χ1) is 11.6. The van der Waals surface area contributed by atoms with Gasteiger partial charge in [-0.25, -0.2) is 9.97 Å². The van der Waals surface area contributed by atoms with Crippen molar-refractivity contribution >= 4 is 59.4 Å². The van der Waals surface area contributed by atoms with Gasteiger partial charge in [-0.2, -0.15) is 0 Å². The van der Waals surface area contributed by atoms with Gasteiger partial charge in [-0.05, 0) is 28.4 Å². The first kappa shape index (κ1) is 17.5. The van der Waals surface area contributed by atoms with Crippen molar-refractivity contribution in [3.05, 3.63) is 45.4 Å². The molecule has 0 radical (unpaired) electrons. The number of halogens is 2. The van der Waals surface area contributed by atoms with Gasteiger partial charge in [0.25, 0.3) is 0 Å². The molecule has 0 amide bonds. The average Bonchev–Trinajstić information content (AvgIpc) is 2.93. The van der Waals surface area contributed by atoms with Crippen LogP contribution in [0.5, 0.6) is 0 Å². The SMILES string of the molecule is CCOC(=O)Cc1sc2nc(-c3ccccc3)nc(Br)c2c1CBr. The maximum atomic E-state index is 11.9. The predicted molar refractivity (Wildman–Crippen MR) is 104 cm³/mol. The summed E-state index contributed by atoms with van der Waals surface area (Å²) in [5.41, 5.74) is 2.00. The second-order valence-electron chi connectivity index (χ2n) is 5.00. The van der Waals surface area contributed by atoms with E-state index < -0.39 is 0 Å². The molecule has 4 nitrogen and oxygen atoms in total. The third-order valence-electron chi connectivity index (χ3n) is 3.47. The van der Waals surface area contributed by atoms with Gasteiger partial charge in [0.15, 0.2) is 5.82 Å². The first-order valence-corrected chi connectivity index (χ1v) is 10.1. The molecule has 0 aliphatic rings. The van der Waals surface area contributed by atoms with Crippen molar-refractivity contribution < 1.29 is 9.53 Å². The fourth-order valence-corrected chi connectivity index (χ4v) is 5.11. The van der Waals surface area contributed by atoms with Crippen LogP contribution in [0.2, 0.25) is 0 Å². The van der Waals surface area contributed by atoms with Crippen LogP contribution in [0, 0.1) is 0 Å². The van der Waals surface area contributed by atoms with Crippen LogP contribution in [0.15, 0.2) is 34.9 Å². The number of hydrogen-bond acceptors (Lipinski definition) is 5. The molecule has 124 valence electrons. The van der Waals surface area contributed by atoms with Gasteiger partial charge in [-0.15, -0.1) is 11.3 Å². The number of hydrogen-bond donors (Lipinski definition) is 0. The van der Waals surface area contributed by atoms with E-state index in [0.29, 0.717) is 17.8 Å². The monoisotopic (exact) mass is 468 g/mol. The maximum Gasteiger partial charge on any atom is 0.311 e. The van der Waals surface area contributed by atoms with Crippen molar-refractivity contribution in [2.75, 3.05) is 6.61 Å². The molecule has 0 saturated carbocycles. The largest absolute Gasteiger partial charge is 0.466 e. The zero-order valence-electron chi connectivity index (χ0n) is 12.9. The normalized spacial score (nSPS) is 11.0. The van der Waals surface area contributed by atoms with Crippen LogP contribution in [0.1, 0.15) is 17.4 Å². The lowest BCUT2D eigenvalue weighted by molar-refractivity contribution is -0.142. The number of fused-ring (bicyclic) bond motifs is 1. The minimum atomic E-state index is -0.223. The molecule has 0 aliphatic heterocycles. The molecule has 0 spiro atoms. The molecule has 0 saturated heterocycles. The number of carbonyl (C=O) groups excluding carboxylic acids is 1. The number of benzene rings is 1. The van der Waals surface area contributed by atoms with Crippen LogP contribution in [-0.4, -0.2) is 22.5 Å². The number of alkyl halides is 1. The molecule has 0 fully saturated rings. The smallest absolute Gasteiger partial charge is 0.311 e. The van der Waals surface area contributed by atoms with E-state index in [4.69, 9.17) is 9.72 Å². The Hall–Kier alpha value is -1.31. The Balaban J connectivity index is 2.09. The standard InChI is InChI=1S/C17H14Br2N2O2S/c1-2-23-13(22)8-12-11(9-18)14-15(19)20-16(21-17(14)24-12)10-6-4-3-5-7-10/h3-7H,2,8-9H2,1H3. The average molecular weight is 470 g/mol. The van der Waals surface area contributed by atoms with Crippen molar-refractivity contribution in [1.29, 1.82) is 0 Å². The Morgan fingerprint density at radius 1 is 1.25 bits per heavy atom. The molecule has 3 rings (SSSR count). The van der Waals surface area contributed by atoms with E-state index >= 15 is 0 Å². The summed E-state index contributed by atoms with van der Waals surface area (Å²) in [5.74, 6) is 0.443. The Kier molecular flexibility index (Phi) is 5.63. The highest BCUT2D eigenvalue weighted by Gasteiger charge is 2.19. The van der Waals surface area contributed by atoms with E-state index in [1.165, 1.54) is 11.3 Å².